The van der Waals surface area contributed by atoms with Gasteiger partial charge in [0.2, 0.25) is 0 Å². The van der Waals surface area contributed by atoms with Crippen LogP contribution in [0.25, 0.3) is 0 Å². The quantitative estimate of drug-likeness (QED) is 0.512. The van der Waals surface area contributed by atoms with Crippen molar-refractivity contribution in [2.75, 3.05) is 31.7 Å². The zero-order valence-electron chi connectivity index (χ0n) is 13.3. The van der Waals surface area contributed by atoms with Crippen molar-refractivity contribution in [3.63, 3.8) is 0 Å². The van der Waals surface area contributed by atoms with Crippen molar-refractivity contribution in [3.05, 3.63) is 24.3 Å². The van der Waals surface area contributed by atoms with Gasteiger partial charge in [0, 0.05) is 6.54 Å². The van der Waals surface area contributed by atoms with E-state index >= 15 is 0 Å². The molecule has 0 amide bonds. The summed E-state index contributed by atoms with van der Waals surface area (Å²) in [5, 5.41) is 13.4. The van der Waals surface area contributed by atoms with Crippen molar-refractivity contribution in [1.29, 1.82) is 0 Å². The lowest BCUT2D eigenvalue weighted by Crippen LogP contribution is -2.27. The van der Waals surface area contributed by atoms with Gasteiger partial charge in [-0.25, -0.2) is 0 Å². The minimum Gasteiger partial charge on any atom is -0.506 e. The number of para-hydroxylation sites is 2. The fraction of sp³-hybridized carbons (Fsp3) is 0.667. The van der Waals surface area contributed by atoms with E-state index in [4.69, 9.17) is 14.2 Å². The average Bonchev–Trinajstić information content (AvgIpc) is 3.37. The first kappa shape index (κ1) is 15.2. The predicted molar refractivity (Wildman–Crippen MR) is 86.6 cm³/mol. The van der Waals surface area contributed by atoms with Crippen LogP contribution in [-0.4, -0.2) is 49.8 Å². The molecule has 5 nitrogen and oxygen atoms in total. The Morgan fingerprint density at radius 3 is 1.96 bits per heavy atom. The van der Waals surface area contributed by atoms with Crippen LogP contribution >= 0.6 is 0 Å². The second-order valence-electron chi connectivity index (χ2n) is 6.99. The van der Waals surface area contributed by atoms with Crippen LogP contribution in [0, 0.1) is 11.8 Å². The third-order valence-corrected chi connectivity index (χ3v) is 5.03. The van der Waals surface area contributed by atoms with Gasteiger partial charge >= 0.3 is 0 Å². The minimum atomic E-state index is 0.307. The monoisotopic (exact) mass is 319 g/mol. The summed E-state index contributed by atoms with van der Waals surface area (Å²) in [5.74, 6) is 1.40. The van der Waals surface area contributed by atoms with Gasteiger partial charge in [0.05, 0.1) is 43.8 Å². The van der Waals surface area contributed by atoms with Crippen LogP contribution in [0.3, 0.4) is 0 Å². The molecule has 2 N–H and O–H groups in total. The molecule has 3 heterocycles. The molecular weight excluding hydrogens is 294 g/mol. The molecule has 0 radical (unpaired) electrons. The maximum Gasteiger partial charge on any atom is 0.138 e. The van der Waals surface area contributed by atoms with E-state index in [1.165, 1.54) is 0 Å². The Kier molecular flexibility index (Phi) is 4.42. The molecule has 1 aromatic carbocycles. The van der Waals surface area contributed by atoms with Crippen LogP contribution in [0.4, 0.5) is 5.69 Å². The molecule has 4 atom stereocenters. The Labute approximate surface area is 136 Å². The normalized spacial score (nSPS) is 30.5. The number of anilines is 1. The second-order valence-corrected chi connectivity index (χ2v) is 6.99. The van der Waals surface area contributed by atoms with Crippen LogP contribution in [0.5, 0.6) is 5.75 Å². The van der Waals surface area contributed by atoms with Gasteiger partial charge in [0.15, 0.2) is 0 Å². The first-order valence-electron chi connectivity index (χ1n) is 8.64. The zero-order valence-corrected chi connectivity index (χ0v) is 13.3. The van der Waals surface area contributed by atoms with E-state index in [1.54, 1.807) is 6.07 Å². The highest BCUT2D eigenvalue weighted by Gasteiger charge is 2.38. The van der Waals surface area contributed by atoms with E-state index in [9.17, 15) is 5.11 Å². The molecule has 126 valence electrons. The summed E-state index contributed by atoms with van der Waals surface area (Å²) in [6.45, 7) is 3.55. The number of epoxide rings is 3. The van der Waals surface area contributed by atoms with Crippen LogP contribution in [0.2, 0.25) is 0 Å². The first-order chi connectivity index (χ1) is 11.3. The lowest BCUT2D eigenvalue weighted by molar-refractivity contribution is 0.220. The number of benzene rings is 1. The van der Waals surface area contributed by atoms with Crippen molar-refractivity contribution in [1.82, 2.24) is 0 Å². The van der Waals surface area contributed by atoms with E-state index < -0.39 is 0 Å². The molecule has 0 aromatic heterocycles. The number of hydrogen-bond acceptors (Lipinski definition) is 5. The lowest BCUT2D eigenvalue weighted by Gasteiger charge is -2.27. The van der Waals surface area contributed by atoms with Crippen molar-refractivity contribution in [2.45, 2.75) is 37.6 Å². The van der Waals surface area contributed by atoms with Gasteiger partial charge in [-0.15, -0.1) is 0 Å². The van der Waals surface area contributed by atoms with Gasteiger partial charge in [0.25, 0.3) is 0 Å². The molecule has 5 heteroatoms. The summed E-state index contributed by atoms with van der Waals surface area (Å²) >= 11 is 0. The second kappa shape index (κ2) is 6.67. The molecule has 4 rings (SSSR count). The van der Waals surface area contributed by atoms with Crippen molar-refractivity contribution < 1.29 is 19.3 Å². The van der Waals surface area contributed by atoms with E-state index in [1.807, 2.05) is 18.2 Å². The molecule has 0 bridgehead atoms. The number of ether oxygens (including phenoxy) is 3. The SMILES string of the molecule is Oc1ccccc1NCC(CC1CO1)C(CC1CO1)CC1CO1. The molecule has 23 heavy (non-hydrogen) atoms. The highest BCUT2D eigenvalue weighted by atomic mass is 16.6. The summed E-state index contributed by atoms with van der Waals surface area (Å²) in [7, 11) is 0. The third kappa shape index (κ3) is 4.59. The molecular formula is C18H25NO4. The molecule has 0 aliphatic carbocycles. The molecule has 3 fully saturated rings. The third-order valence-electron chi connectivity index (χ3n) is 5.03. The number of phenolic OH excluding ortho intramolecular Hbond substituents is 1. The number of nitrogens with one attached hydrogen (secondary N) is 1. The molecule has 3 saturated heterocycles. The Morgan fingerprint density at radius 1 is 0.913 bits per heavy atom. The van der Waals surface area contributed by atoms with E-state index in [0.717, 1.165) is 51.3 Å². The smallest absolute Gasteiger partial charge is 0.138 e. The highest BCUT2D eigenvalue weighted by molar-refractivity contribution is 5.55. The lowest BCUT2D eigenvalue weighted by atomic mass is 9.81. The Balaban J connectivity index is 1.40. The summed E-state index contributed by atoms with van der Waals surface area (Å²) < 4.78 is 16.4. The van der Waals surface area contributed by atoms with Crippen LogP contribution in [0.15, 0.2) is 24.3 Å². The zero-order chi connectivity index (χ0) is 15.6. The van der Waals surface area contributed by atoms with Crippen molar-refractivity contribution in [3.8, 4) is 5.75 Å². The van der Waals surface area contributed by atoms with Gasteiger partial charge in [-0.3, -0.25) is 0 Å². The van der Waals surface area contributed by atoms with E-state index in [-0.39, 0.29) is 0 Å². The van der Waals surface area contributed by atoms with Gasteiger partial charge in [-0.2, -0.15) is 0 Å². The Bertz CT molecular complexity index is 512. The van der Waals surface area contributed by atoms with Crippen molar-refractivity contribution in [2.24, 2.45) is 11.8 Å². The minimum absolute atomic E-state index is 0.307. The fourth-order valence-electron chi connectivity index (χ4n) is 3.41. The largest absolute Gasteiger partial charge is 0.506 e. The highest BCUT2D eigenvalue weighted by Crippen LogP contribution is 2.36. The topological polar surface area (TPSA) is 69.8 Å². The molecule has 3 aliphatic heterocycles. The molecule has 1 aromatic rings. The first-order valence-corrected chi connectivity index (χ1v) is 8.64. The van der Waals surface area contributed by atoms with Crippen LogP contribution in [-0.2, 0) is 14.2 Å². The van der Waals surface area contributed by atoms with Gasteiger partial charge in [-0.1, -0.05) is 12.1 Å². The molecule has 0 spiro atoms. The maximum atomic E-state index is 9.94. The molecule has 4 unspecified atom stereocenters. The summed E-state index contributed by atoms with van der Waals surface area (Å²) in [6, 6.07) is 7.42. The number of phenols is 1. The summed E-state index contributed by atoms with van der Waals surface area (Å²) in [5.41, 5.74) is 0.804. The molecule has 3 aliphatic rings. The summed E-state index contributed by atoms with van der Waals surface area (Å²) in [6.07, 6.45) is 4.58. The Hall–Kier alpha value is -1.30. The average molecular weight is 319 g/mol. The Morgan fingerprint density at radius 2 is 1.43 bits per heavy atom. The van der Waals surface area contributed by atoms with Gasteiger partial charge in [0.1, 0.15) is 5.75 Å². The van der Waals surface area contributed by atoms with Crippen LogP contribution < -0.4 is 5.32 Å². The molecule has 0 saturated carbocycles. The maximum absolute atomic E-state index is 9.94. The summed E-state index contributed by atoms with van der Waals surface area (Å²) in [4.78, 5) is 0. The number of rotatable bonds is 10. The van der Waals surface area contributed by atoms with Gasteiger partial charge < -0.3 is 24.6 Å². The van der Waals surface area contributed by atoms with Gasteiger partial charge in [-0.05, 0) is 43.2 Å². The fourth-order valence-corrected chi connectivity index (χ4v) is 3.41. The van der Waals surface area contributed by atoms with Crippen LogP contribution in [0.1, 0.15) is 19.3 Å². The predicted octanol–water partition coefficient (Wildman–Crippen LogP) is 2.40. The standard InChI is InChI=1S/C18H25NO4/c20-18-4-2-1-3-17(18)19-8-13(7-16-11-23-16)12(5-14-9-21-14)6-15-10-22-15/h1-4,12-16,19-20H,5-11H2. The van der Waals surface area contributed by atoms with E-state index in [2.05, 4.69) is 5.32 Å². The number of hydrogen-bond donors (Lipinski definition) is 2. The van der Waals surface area contributed by atoms with E-state index in [0.29, 0.717) is 35.9 Å². The van der Waals surface area contributed by atoms with Crippen molar-refractivity contribution >= 4 is 5.69 Å². The number of aromatic hydroxyl groups is 1.